The largest absolute Gasteiger partial charge is 0.480 e. The number of benzene rings is 1. The van der Waals surface area contributed by atoms with Gasteiger partial charge in [0.2, 0.25) is 0 Å². The maximum atomic E-state index is 11.5. The van der Waals surface area contributed by atoms with Crippen molar-refractivity contribution in [3.8, 4) is 17.6 Å². The van der Waals surface area contributed by atoms with Crippen molar-refractivity contribution in [1.29, 1.82) is 0 Å². The standard InChI is InChI=1S/C15H17BrO2/c1-11(17)13-10-12(16)6-7-14(13)18-9-5-8-15(2,3)4/h6-7,10H,9H2,1-4H3. The molecular weight excluding hydrogens is 292 g/mol. The highest BCUT2D eigenvalue weighted by molar-refractivity contribution is 9.10. The SMILES string of the molecule is CC(=O)c1cc(Br)ccc1OCC#CC(C)(C)C. The fourth-order valence-electron chi connectivity index (χ4n) is 1.32. The summed E-state index contributed by atoms with van der Waals surface area (Å²) in [6.45, 7) is 7.94. The number of carbonyl (C=O) groups is 1. The van der Waals surface area contributed by atoms with Gasteiger partial charge in [0.15, 0.2) is 5.78 Å². The second-order valence-corrected chi connectivity index (χ2v) is 5.95. The first-order valence-corrected chi connectivity index (χ1v) is 6.52. The lowest BCUT2D eigenvalue weighted by atomic mass is 9.98. The lowest BCUT2D eigenvalue weighted by Gasteiger charge is -2.09. The molecule has 0 aromatic heterocycles. The third-order valence-corrected chi connectivity index (χ3v) is 2.58. The average molecular weight is 309 g/mol. The lowest BCUT2D eigenvalue weighted by molar-refractivity contribution is 0.101. The molecule has 0 saturated heterocycles. The Morgan fingerprint density at radius 1 is 1.39 bits per heavy atom. The van der Waals surface area contributed by atoms with E-state index in [1.165, 1.54) is 6.92 Å². The summed E-state index contributed by atoms with van der Waals surface area (Å²) in [7, 11) is 0. The Labute approximate surface area is 117 Å². The van der Waals surface area contributed by atoms with Crippen molar-refractivity contribution in [1.82, 2.24) is 0 Å². The van der Waals surface area contributed by atoms with E-state index in [0.717, 1.165) is 4.47 Å². The second kappa shape index (κ2) is 6.06. The fourth-order valence-corrected chi connectivity index (χ4v) is 1.68. The summed E-state index contributed by atoms with van der Waals surface area (Å²) >= 11 is 3.34. The molecule has 0 aliphatic heterocycles. The number of rotatable bonds is 3. The van der Waals surface area contributed by atoms with Gasteiger partial charge in [0.05, 0.1) is 5.56 Å². The highest BCUT2D eigenvalue weighted by Gasteiger charge is 2.08. The summed E-state index contributed by atoms with van der Waals surface area (Å²) in [5.41, 5.74) is 0.536. The average Bonchev–Trinajstić information content (AvgIpc) is 2.24. The van der Waals surface area contributed by atoms with E-state index in [1.807, 2.05) is 26.8 Å². The Balaban J connectivity index is 2.79. The number of Topliss-reactive ketones (excluding diaryl/α,β-unsaturated/α-hetero) is 1. The van der Waals surface area contributed by atoms with Crippen LogP contribution in [0.4, 0.5) is 0 Å². The molecule has 3 heteroatoms. The summed E-state index contributed by atoms with van der Waals surface area (Å²) < 4.78 is 6.40. The van der Waals surface area contributed by atoms with E-state index in [-0.39, 0.29) is 11.2 Å². The van der Waals surface area contributed by atoms with Crippen LogP contribution in [0.15, 0.2) is 22.7 Å². The monoisotopic (exact) mass is 308 g/mol. The number of carbonyl (C=O) groups excluding carboxylic acids is 1. The van der Waals surface area contributed by atoms with Gasteiger partial charge in [-0.25, -0.2) is 0 Å². The Bertz CT molecular complexity index is 501. The van der Waals surface area contributed by atoms with Gasteiger partial charge in [-0.05, 0) is 45.9 Å². The van der Waals surface area contributed by atoms with E-state index in [1.54, 1.807) is 12.1 Å². The zero-order valence-corrected chi connectivity index (χ0v) is 12.7. The molecular formula is C15H17BrO2. The molecule has 0 aliphatic carbocycles. The minimum absolute atomic E-state index is 0.0184. The number of ether oxygens (including phenoxy) is 1. The van der Waals surface area contributed by atoms with Crippen LogP contribution >= 0.6 is 15.9 Å². The Morgan fingerprint density at radius 2 is 2.06 bits per heavy atom. The van der Waals surface area contributed by atoms with Crippen molar-refractivity contribution in [2.45, 2.75) is 27.7 Å². The van der Waals surface area contributed by atoms with Crippen molar-refractivity contribution in [3.05, 3.63) is 28.2 Å². The van der Waals surface area contributed by atoms with Crippen LogP contribution < -0.4 is 4.74 Å². The third kappa shape index (κ3) is 4.93. The van der Waals surface area contributed by atoms with E-state index in [9.17, 15) is 4.79 Å². The van der Waals surface area contributed by atoms with E-state index in [4.69, 9.17) is 4.74 Å². The van der Waals surface area contributed by atoms with Gasteiger partial charge in [-0.1, -0.05) is 27.8 Å². The molecule has 1 rings (SSSR count). The highest BCUT2D eigenvalue weighted by Crippen LogP contribution is 2.23. The summed E-state index contributed by atoms with van der Waals surface area (Å²) in [5, 5.41) is 0. The summed E-state index contributed by atoms with van der Waals surface area (Å²) in [6, 6.07) is 5.38. The minimum atomic E-state index is -0.0352. The van der Waals surface area contributed by atoms with E-state index in [2.05, 4.69) is 27.8 Å². The molecule has 0 aliphatic rings. The third-order valence-electron chi connectivity index (χ3n) is 2.08. The van der Waals surface area contributed by atoms with Crippen LogP contribution in [0.1, 0.15) is 38.1 Å². The second-order valence-electron chi connectivity index (χ2n) is 5.04. The Morgan fingerprint density at radius 3 is 2.61 bits per heavy atom. The molecule has 0 radical (unpaired) electrons. The van der Waals surface area contributed by atoms with Gasteiger partial charge in [-0.2, -0.15) is 0 Å². The quantitative estimate of drug-likeness (QED) is 0.621. The molecule has 0 saturated carbocycles. The fraction of sp³-hybridized carbons (Fsp3) is 0.400. The molecule has 1 aromatic carbocycles. The molecule has 0 fully saturated rings. The molecule has 0 bridgehead atoms. The van der Waals surface area contributed by atoms with Crippen molar-refractivity contribution >= 4 is 21.7 Å². The van der Waals surface area contributed by atoms with Crippen LogP contribution in [-0.4, -0.2) is 12.4 Å². The van der Waals surface area contributed by atoms with Gasteiger partial charge in [0.1, 0.15) is 12.4 Å². The van der Waals surface area contributed by atoms with Gasteiger partial charge in [-0.15, -0.1) is 0 Å². The molecule has 0 amide bonds. The van der Waals surface area contributed by atoms with Crippen molar-refractivity contribution in [2.24, 2.45) is 5.41 Å². The summed E-state index contributed by atoms with van der Waals surface area (Å²) in [6.07, 6.45) is 0. The topological polar surface area (TPSA) is 26.3 Å². The highest BCUT2D eigenvalue weighted by atomic mass is 79.9. The van der Waals surface area contributed by atoms with Crippen LogP contribution in [0.2, 0.25) is 0 Å². The van der Waals surface area contributed by atoms with Gasteiger partial charge in [-0.3, -0.25) is 4.79 Å². The molecule has 0 heterocycles. The molecule has 2 nitrogen and oxygen atoms in total. The van der Waals surface area contributed by atoms with Crippen molar-refractivity contribution in [3.63, 3.8) is 0 Å². The Kier molecular flexibility index (Phi) is 4.98. The van der Waals surface area contributed by atoms with Gasteiger partial charge < -0.3 is 4.74 Å². The smallest absolute Gasteiger partial charge is 0.163 e. The first-order valence-electron chi connectivity index (χ1n) is 5.73. The summed E-state index contributed by atoms with van der Waals surface area (Å²) in [5.74, 6) is 6.60. The zero-order chi connectivity index (χ0) is 13.8. The Hall–Kier alpha value is -1.27. The van der Waals surface area contributed by atoms with Crippen molar-refractivity contribution < 1.29 is 9.53 Å². The first-order chi connectivity index (χ1) is 8.29. The molecule has 0 N–H and O–H groups in total. The number of hydrogen-bond donors (Lipinski definition) is 0. The number of halogens is 1. The molecule has 1 aromatic rings. The van der Waals surface area contributed by atoms with E-state index in [0.29, 0.717) is 17.9 Å². The molecule has 0 atom stereocenters. The van der Waals surface area contributed by atoms with Crippen LogP contribution in [0.3, 0.4) is 0 Å². The van der Waals surface area contributed by atoms with Gasteiger partial charge in [0, 0.05) is 9.89 Å². The predicted octanol–water partition coefficient (Wildman–Crippen LogP) is 4.08. The first kappa shape index (κ1) is 14.8. The number of ketones is 1. The van der Waals surface area contributed by atoms with Gasteiger partial charge >= 0.3 is 0 Å². The normalized spacial score (nSPS) is 10.5. The van der Waals surface area contributed by atoms with Crippen molar-refractivity contribution in [2.75, 3.05) is 6.61 Å². The van der Waals surface area contributed by atoms with E-state index < -0.39 is 0 Å². The summed E-state index contributed by atoms with van der Waals surface area (Å²) in [4.78, 5) is 11.5. The maximum Gasteiger partial charge on any atom is 0.163 e. The number of hydrogen-bond acceptors (Lipinski definition) is 2. The molecule has 0 spiro atoms. The van der Waals surface area contributed by atoms with Crippen LogP contribution in [-0.2, 0) is 0 Å². The van der Waals surface area contributed by atoms with E-state index >= 15 is 0 Å². The minimum Gasteiger partial charge on any atom is -0.480 e. The van der Waals surface area contributed by atoms with Gasteiger partial charge in [0.25, 0.3) is 0 Å². The van der Waals surface area contributed by atoms with Crippen LogP contribution in [0, 0.1) is 17.3 Å². The molecule has 0 unspecified atom stereocenters. The lowest BCUT2D eigenvalue weighted by Crippen LogP contribution is -2.04. The molecule has 96 valence electrons. The predicted molar refractivity (Wildman–Crippen MR) is 76.9 cm³/mol. The maximum absolute atomic E-state index is 11.5. The van der Waals surface area contributed by atoms with Crippen LogP contribution in [0.25, 0.3) is 0 Å². The zero-order valence-electron chi connectivity index (χ0n) is 11.1. The van der Waals surface area contributed by atoms with Crippen LogP contribution in [0.5, 0.6) is 5.75 Å². The molecule has 18 heavy (non-hydrogen) atoms.